The average molecular weight is 523 g/mol. The quantitative estimate of drug-likeness (QED) is 0.315. The molecule has 0 bridgehead atoms. The van der Waals surface area contributed by atoms with Crippen LogP contribution in [0, 0.1) is 0 Å². The van der Waals surface area contributed by atoms with E-state index in [2.05, 4.69) is 20.8 Å². The fraction of sp³-hybridized carbons (Fsp3) is 0.154. The lowest BCUT2D eigenvalue weighted by Gasteiger charge is -2.18. The van der Waals surface area contributed by atoms with E-state index in [1.54, 1.807) is 31.4 Å². The molecule has 0 unspecified atom stereocenters. The first kappa shape index (κ1) is 25.2. The second kappa shape index (κ2) is 12.1. The molecule has 0 spiro atoms. The lowest BCUT2D eigenvalue weighted by molar-refractivity contribution is -0.127. The summed E-state index contributed by atoms with van der Waals surface area (Å²) in [5.41, 5.74) is 1.71. The molecule has 0 aliphatic carbocycles. The van der Waals surface area contributed by atoms with Gasteiger partial charge in [-0.3, -0.25) is 14.9 Å². The molecule has 0 radical (unpaired) electrons. The van der Waals surface area contributed by atoms with E-state index in [0.29, 0.717) is 33.1 Å². The van der Waals surface area contributed by atoms with Gasteiger partial charge < -0.3 is 14.8 Å². The molecule has 1 atom stereocenters. The molecule has 1 heterocycles. The smallest absolute Gasteiger partial charge is 0.258 e. The fourth-order valence-electron chi connectivity index (χ4n) is 3.31. The van der Waals surface area contributed by atoms with E-state index in [1.165, 1.54) is 11.3 Å². The predicted molar refractivity (Wildman–Crippen MR) is 140 cm³/mol. The zero-order valence-electron chi connectivity index (χ0n) is 19.3. The minimum absolute atomic E-state index is 0.251. The number of ether oxygens (including phenoxy) is 2. The summed E-state index contributed by atoms with van der Waals surface area (Å²) in [7, 11) is 1.59. The monoisotopic (exact) mass is 522 g/mol. The van der Waals surface area contributed by atoms with Gasteiger partial charge in [-0.2, -0.15) is 0 Å². The number of halogens is 1. The number of methoxy groups -OCH3 is 1. The predicted octanol–water partition coefficient (Wildman–Crippen LogP) is 4.61. The SMILES string of the molecule is COc1cccc(-c2nnc(NC(=O)[C@@H](Cc3ccccc3)NC(=O)COc3ccc(Cl)cc3)s2)c1. The molecule has 36 heavy (non-hydrogen) atoms. The third-order valence-electron chi connectivity index (χ3n) is 5.09. The van der Waals surface area contributed by atoms with E-state index in [9.17, 15) is 9.59 Å². The maximum Gasteiger partial charge on any atom is 0.258 e. The van der Waals surface area contributed by atoms with E-state index in [-0.39, 0.29) is 6.61 Å². The summed E-state index contributed by atoms with van der Waals surface area (Å²) >= 11 is 7.10. The Hall–Kier alpha value is -3.95. The molecule has 4 aromatic rings. The number of anilines is 1. The minimum atomic E-state index is -0.849. The summed E-state index contributed by atoms with van der Waals surface area (Å²) in [4.78, 5) is 25.8. The zero-order valence-corrected chi connectivity index (χ0v) is 20.9. The summed E-state index contributed by atoms with van der Waals surface area (Å²) in [6.07, 6.45) is 0.293. The van der Waals surface area contributed by atoms with Gasteiger partial charge >= 0.3 is 0 Å². The Kier molecular flexibility index (Phi) is 8.48. The lowest BCUT2D eigenvalue weighted by Crippen LogP contribution is -2.46. The first-order chi connectivity index (χ1) is 17.5. The number of amides is 2. The van der Waals surface area contributed by atoms with Gasteiger partial charge in [0.2, 0.25) is 11.0 Å². The number of benzene rings is 3. The van der Waals surface area contributed by atoms with Crippen LogP contribution in [0.1, 0.15) is 5.56 Å². The van der Waals surface area contributed by atoms with Crippen LogP contribution in [0.25, 0.3) is 10.6 Å². The van der Waals surface area contributed by atoms with Crippen molar-refractivity contribution >= 4 is 39.9 Å². The maximum absolute atomic E-state index is 13.1. The Bertz CT molecular complexity index is 1320. The molecule has 8 nitrogen and oxygen atoms in total. The van der Waals surface area contributed by atoms with Crippen molar-refractivity contribution in [3.05, 3.63) is 89.4 Å². The number of hydrogen-bond acceptors (Lipinski definition) is 7. The van der Waals surface area contributed by atoms with Crippen LogP contribution in [-0.2, 0) is 16.0 Å². The summed E-state index contributed by atoms with van der Waals surface area (Å²) in [6, 6.07) is 22.7. The summed E-state index contributed by atoms with van der Waals surface area (Å²) < 4.78 is 10.8. The van der Waals surface area contributed by atoms with Crippen LogP contribution >= 0.6 is 22.9 Å². The van der Waals surface area contributed by atoms with Gasteiger partial charge in [0.05, 0.1) is 7.11 Å². The maximum atomic E-state index is 13.1. The van der Waals surface area contributed by atoms with Crippen molar-refractivity contribution in [1.82, 2.24) is 15.5 Å². The standard InChI is InChI=1S/C26H23ClN4O4S/c1-34-21-9-5-8-18(15-21)25-30-31-26(36-25)29-24(33)22(14-17-6-3-2-4-7-17)28-23(32)16-35-20-12-10-19(27)11-13-20/h2-13,15,22H,14,16H2,1H3,(H,28,32)(H,29,31,33)/t22-/m1/s1. The van der Waals surface area contributed by atoms with Crippen LogP contribution in [0.15, 0.2) is 78.9 Å². The highest BCUT2D eigenvalue weighted by Crippen LogP contribution is 2.28. The molecular formula is C26H23ClN4O4S. The number of aromatic nitrogens is 2. The average Bonchev–Trinajstić information content (AvgIpc) is 3.37. The number of hydrogen-bond donors (Lipinski definition) is 2. The zero-order chi connectivity index (χ0) is 25.3. The largest absolute Gasteiger partial charge is 0.497 e. The van der Waals surface area contributed by atoms with Crippen molar-refractivity contribution in [2.75, 3.05) is 19.0 Å². The van der Waals surface area contributed by atoms with Gasteiger partial charge in [-0.1, -0.05) is 65.4 Å². The molecule has 0 aliphatic heterocycles. The van der Waals surface area contributed by atoms with Crippen LogP contribution < -0.4 is 20.1 Å². The Balaban J connectivity index is 1.43. The van der Waals surface area contributed by atoms with Crippen LogP contribution in [0.2, 0.25) is 5.02 Å². The molecule has 184 valence electrons. The van der Waals surface area contributed by atoms with Gasteiger partial charge in [0.15, 0.2) is 6.61 Å². The summed E-state index contributed by atoms with van der Waals surface area (Å²) in [5.74, 6) is 0.347. The van der Waals surface area contributed by atoms with Crippen LogP contribution in [0.3, 0.4) is 0 Å². The van der Waals surface area contributed by atoms with E-state index in [0.717, 1.165) is 11.1 Å². The second-order valence-electron chi connectivity index (χ2n) is 7.69. The van der Waals surface area contributed by atoms with E-state index < -0.39 is 17.9 Å². The first-order valence-corrected chi connectivity index (χ1v) is 12.2. The molecule has 0 fully saturated rings. The van der Waals surface area contributed by atoms with E-state index in [1.807, 2.05) is 54.6 Å². The molecule has 0 saturated carbocycles. The number of nitrogens with zero attached hydrogens (tertiary/aromatic N) is 2. The lowest BCUT2D eigenvalue weighted by atomic mass is 10.1. The van der Waals surface area contributed by atoms with Crippen molar-refractivity contribution in [2.45, 2.75) is 12.5 Å². The first-order valence-electron chi connectivity index (χ1n) is 11.0. The van der Waals surface area contributed by atoms with Crippen molar-refractivity contribution in [2.24, 2.45) is 0 Å². The van der Waals surface area contributed by atoms with Gasteiger partial charge in [0.25, 0.3) is 5.91 Å². The molecule has 0 aliphatic rings. The Morgan fingerprint density at radius 1 is 0.972 bits per heavy atom. The number of carbonyl (C=O) groups excluding carboxylic acids is 2. The van der Waals surface area contributed by atoms with Crippen LogP contribution in [0.4, 0.5) is 5.13 Å². The molecule has 2 N–H and O–H groups in total. The molecule has 0 saturated heterocycles. The van der Waals surface area contributed by atoms with Crippen molar-refractivity contribution in [3.63, 3.8) is 0 Å². The van der Waals surface area contributed by atoms with Crippen molar-refractivity contribution in [1.29, 1.82) is 0 Å². The molecule has 4 rings (SSSR count). The topological polar surface area (TPSA) is 102 Å². The molecule has 1 aromatic heterocycles. The number of nitrogens with one attached hydrogen (secondary N) is 2. The van der Waals surface area contributed by atoms with Gasteiger partial charge in [-0.25, -0.2) is 0 Å². The summed E-state index contributed by atoms with van der Waals surface area (Å²) in [6.45, 7) is -0.251. The van der Waals surface area contributed by atoms with Gasteiger partial charge in [0.1, 0.15) is 22.5 Å². The Morgan fingerprint density at radius 3 is 2.50 bits per heavy atom. The summed E-state index contributed by atoms with van der Waals surface area (Å²) in [5, 5.41) is 15.3. The van der Waals surface area contributed by atoms with Crippen LogP contribution in [-0.4, -0.2) is 41.8 Å². The molecule has 3 aromatic carbocycles. The molecule has 10 heteroatoms. The fourth-order valence-corrected chi connectivity index (χ4v) is 4.18. The van der Waals surface area contributed by atoms with Gasteiger partial charge in [-0.15, -0.1) is 10.2 Å². The highest BCUT2D eigenvalue weighted by molar-refractivity contribution is 7.18. The number of carbonyl (C=O) groups is 2. The Morgan fingerprint density at radius 2 is 1.75 bits per heavy atom. The van der Waals surface area contributed by atoms with Gasteiger partial charge in [-0.05, 0) is 42.0 Å². The van der Waals surface area contributed by atoms with Gasteiger partial charge in [0, 0.05) is 17.0 Å². The normalized spacial score (nSPS) is 11.4. The third-order valence-corrected chi connectivity index (χ3v) is 6.23. The van der Waals surface area contributed by atoms with Crippen LogP contribution in [0.5, 0.6) is 11.5 Å². The second-order valence-corrected chi connectivity index (χ2v) is 9.10. The van der Waals surface area contributed by atoms with Crippen molar-refractivity contribution < 1.29 is 19.1 Å². The van der Waals surface area contributed by atoms with E-state index in [4.69, 9.17) is 21.1 Å². The third kappa shape index (κ3) is 7.03. The van der Waals surface area contributed by atoms with Crippen molar-refractivity contribution in [3.8, 4) is 22.1 Å². The Labute approximate surface area is 217 Å². The highest BCUT2D eigenvalue weighted by Gasteiger charge is 2.23. The number of rotatable bonds is 10. The molecule has 2 amide bonds. The highest BCUT2D eigenvalue weighted by atomic mass is 35.5. The molecular weight excluding hydrogens is 500 g/mol. The minimum Gasteiger partial charge on any atom is -0.497 e. The van der Waals surface area contributed by atoms with E-state index >= 15 is 0 Å².